The minimum absolute atomic E-state index is 0.0167. The van der Waals surface area contributed by atoms with E-state index < -0.39 is 16.0 Å². The normalized spacial score (nSPS) is 18.7. The highest BCUT2D eigenvalue weighted by Gasteiger charge is 2.36. The number of benzene rings is 2. The number of carboxylic acids is 1. The Balaban J connectivity index is 1.95. The number of carboxylic acid groups (broad SMARTS) is 1. The standard InChI is InChI=1S/C19H22N2O4S/c1-19(2)11-14-10-13(18(22)23)6-9-16(14)21-17(19)12-4-7-15(8-5-12)26(24,25)20-3/h4-10,17,20-21H,11H2,1-3H3,(H,22,23). The first kappa shape index (κ1) is 18.4. The van der Waals surface area contributed by atoms with E-state index in [2.05, 4.69) is 23.9 Å². The molecule has 1 heterocycles. The lowest BCUT2D eigenvalue weighted by Gasteiger charge is -2.41. The van der Waals surface area contributed by atoms with Gasteiger partial charge in [0, 0.05) is 5.69 Å². The monoisotopic (exact) mass is 374 g/mol. The summed E-state index contributed by atoms with van der Waals surface area (Å²) in [7, 11) is -2.08. The average molecular weight is 374 g/mol. The molecule has 0 aromatic heterocycles. The van der Waals surface area contributed by atoms with Crippen molar-refractivity contribution < 1.29 is 18.3 Å². The molecular formula is C19H22N2O4S. The summed E-state index contributed by atoms with van der Waals surface area (Å²) in [6.45, 7) is 4.22. The quantitative estimate of drug-likeness (QED) is 0.764. The van der Waals surface area contributed by atoms with Crippen molar-refractivity contribution in [3.8, 4) is 0 Å². The number of nitrogens with one attached hydrogen (secondary N) is 2. The summed E-state index contributed by atoms with van der Waals surface area (Å²) in [5.74, 6) is -0.936. The smallest absolute Gasteiger partial charge is 0.335 e. The maximum absolute atomic E-state index is 11.9. The highest BCUT2D eigenvalue weighted by Crippen LogP contribution is 2.45. The largest absolute Gasteiger partial charge is 0.478 e. The Morgan fingerprint density at radius 1 is 1.19 bits per heavy atom. The average Bonchev–Trinajstić information content (AvgIpc) is 2.60. The molecule has 1 unspecified atom stereocenters. The number of rotatable bonds is 4. The van der Waals surface area contributed by atoms with Crippen molar-refractivity contribution in [2.24, 2.45) is 5.41 Å². The van der Waals surface area contributed by atoms with Gasteiger partial charge < -0.3 is 10.4 Å². The summed E-state index contributed by atoms with van der Waals surface area (Å²) < 4.78 is 26.1. The molecule has 0 spiro atoms. The van der Waals surface area contributed by atoms with Gasteiger partial charge in [0.15, 0.2) is 0 Å². The van der Waals surface area contributed by atoms with Crippen LogP contribution in [0.2, 0.25) is 0 Å². The Kier molecular flexibility index (Phi) is 4.54. The van der Waals surface area contributed by atoms with Gasteiger partial charge in [0.25, 0.3) is 0 Å². The molecule has 1 aliphatic rings. The lowest BCUT2D eigenvalue weighted by molar-refractivity contribution is 0.0696. The second-order valence-corrected chi connectivity index (χ2v) is 9.08. The predicted molar refractivity (Wildman–Crippen MR) is 99.9 cm³/mol. The molecule has 0 aliphatic carbocycles. The van der Waals surface area contributed by atoms with E-state index in [9.17, 15) is 18.3 Å². The maximum Gasteiger partial charge on any atom is 0.335 e. The summed E-state index contributed by atoms with van der Waals surface area (Å²) in [4.78, 5) is 11.4. The first-order valence-electron chi connectivity index (χ1n) is 8.30. The Bertz CT molecular complexity index is 950. The molecular weight excluding hydrogens is 352 g/mol. The van der Waals surface area contributed by atoms with E-state index in [1.165, 1.54) is 7.05 Å². The third-order valence-electron chi connectivity index (χ3n) is 4.87. The molecule has 0 saturated carbocycles. The van der Waals surface area contributed by atoms with Gasteiger partial charge >= 0.3 is 5.97 Å². The predicted octanol–water partition coefficient (Wildman–Crippen LogP) is 3.03. The summed E-state index contributed by atoms with van der Waals surface area (Å²) in [6, 6.07) is 11.9. The SMILES string of the molecule is CNS(=O)(=O)c1ccc(C2Nc3ccc(C(=O)O)cc3CC2(C)C)cc1. The van der Waals surface area contributed by atoms with E-state index in [1.807, 2.05) is 12.1 Å². The summed E-state index contributed by atoms with van der Waals surface area (Å²) in [5.41, 5.74) is 2.97. The minimum atomic E-state index is -3.46. The zero-order valence-electron chi connectivity index (χ0n) is 14.9. The van der Waals surface area contributed by atoms with Gasteiger partial charge in [-0.2, -0.15) is 0 Å². The van der Waals surface area contributed by atoms with Crippen molar-refractivity contribution in [2.75, 3.05) is 12.4 Å². The number of aromatic carboxylic acids is 1. The number of carbonyl (C=O) groups is 1. The van der Waals surface area contributed by atoms with E-state index in [0.717, 1.165) is 23.2 Å². The van der Waals surface area contributed by atoms with E-state index in [-0.39, 0.29) is 21.9 Å². The first-order valence-corrected chi connectivity index (χ1v) is 9.79. The fourth-order valence-corrected chi connectivity index (χ4v) is 4.18. The van der Waals surface area contributed by atoms with Crippen molar-refractivity contribution in [1.29, 1.82) is 0 Å². The highest BCUT2D eigenvalue weighted by atomic mass is 32.2. The molecule has 0 radical (unpaired) electrons. The molecule has 2 aromatic carbocycles. The van der Waals surface area contributed by atoms with Crippen LogP contribution in [0.15, 0.2) is 47.4 Å². The van der Waals surface area contributed by atoms with Crippen LogP contribution in [-0.4, -0.2) is 26.5 Å². The fourth-order valence-electron chi connectivity index (χ4n) is 3.45. The van der Waals surface area contributed by atoms with E-state index in [4.69, 9.17) is 0 Å². The Labute approximate surface area is 153 Å². The summed E-state index contributed by atoms with van der Waals surface area (Å²) in [5, 5.41) is 12.7. The molecule has 138 valence electrons. The summed E-state index contributed by atoms with van der Waals surface area (Å²) in [6.07, 6.45) is 0.720. The van der Waals surface area contributed by atoms with Crippen LogP contribution in [0, 0.1) is 5.41 Å². The van der Waals surface area contributed by atoms with Gasteiger partial charge in [0.2, 0.25) is 10.0 Å². The molecule has 0 bridgehead atoms. The molecule has 26 heavy (non-hydrogen) atoms. The molecule has 1 aliphatic heterocycles. The van der Waals surface area contributed by atoms with E-state index >= 15 is 0 Å². The van der Waals surface area contributed by atoms with Gasteiger partial charge in [0.1, 0.15) is 0 Å². The van der Waals surface area contributed by atoms with Crippen LogP contribution in [0.5, 0.6) is 0 Å². The number of hydrogen-bond donors (Lipinski definition) is 3. The Hall–Kier alpha value is -2.38. The molecule has 7 heteroatoms. The molecule has 0 fully saturated rings. The molecule has 6 nitrogen and oxygen atoms in total. The zero-order valence-corrected chi connectivity index (χ0v) is 15.7. The first-order chi connectivity index (χ1) is 12.1. The zero-order chi connectivity index (χ0) is 19.1. The van der Waals surface area contributed by atoms with Crippen LogP contribution in [0.1, 0.15) is 41.4 Å². The molecule has 1 atom stereocenters. The lowest BCUT2D eigenvalue weighted by atomic mass is 9.73. The van der Waals surface area contributed by atoms with Crippen LogP contribution in [0.4, 0.5) is 5.69 Å². The lowest BCUT2D eigenvalue weighted by Crippen LogP contribution is -2.35. The Morgan fingerprint density at radius 3 is 2.42 bits per heavy atom. The number of hydrogen-bond acceptors (Lipinski definition) is 4. The number of anilines is 1. The fraction of sp³-hybridized carbons (Fsp3) is 0.316. The highest BCUT2D eigenvalue weighted by molar-refractivity contribution is 7.89. The molecule has 3 N–H and O–H groups in total. The minimum Gasteiger partial charge on any atom is -0.478 e. The van der Waals surface area contributed by atoms with Crippen molar-refractivity contribution in [3.05, 3.63) is 59.2 Å². The van der Waals surface area contributed by atoms with E-state index in [0.29, 0.717) is 0 Å². The molecule has 0 amide bonds. The number of fused-ring (bicyclic) bond motifs is 1. The molecule has 0 saturated heterocycles. The second-order valence-electron chi connectivity index (χ2n) is 7.20. The van der Waals surface area contributed by atoms with E-state index in [1.54, 1.807) is 30.3 Å². The van der Waals surface area contributed by atoms with Crippen molar-refractivity contribution in [2.45, 2.75) is 31.2 Å². The maximum atomic E-state index is 11.9. The van der Waals surface area contributed by atoms with Crippen LogP contribution in [0.25, 0.3) is 0 Å². The van der Waals surface area contributed by atoms with Gasteiger partial charge in [-0.1, -0.05) is 26.0 Å². The van der Waals surface area contributed by atoms with Crippen LogP contribution >= 0.6 is 0 Å². The van der Waals surface area contributed by atoms with Crippen LogP contribution in [0.3, 0.4) is 0 Å². The topological polar surface area (TPSA) is 95.5 Å². The van der Waals surface area contributed by atoms with Gasteiger partial charge in [-0.3, -0.25) is 0 Å². The van der Waals surface area contributed by atoms with Crippen LogP contribution < -0.4 is 10.0 Å². The summed E-state index contributed by atoms with van der Waals surface area (Å²) >= 11 is 0. The Morgan fingerprint density at radius 2 is 1.85 bits per heavy atom. The van der Waals surface area contributed by atoms with Crippen molar-refractivity contribution in [3.63, 3.8) is 0 Å². The van der Waals surface area contributed by atoms with Gasteiger partial charge in [0.05, 0.1) is 16.5 Å². The van der Waals surface area contributed by atoms with Gasteiger partial charge in [-0.25, -0.2) is 17.9 Å². The van der Waals surface area contributed by atoms with Crippen molar-refractivity contribution >= 4 is 21.7 Å². The van der Waals surface area contributed by atoms with Gasteiger partial charge in [-0.15, -0.1) is 0 Å². The van der Waals surface area contributed by atoms with Crippen LogP contribution in [-0.2, 0) is 16.4 Å². The second kappa shape index (κ2) is 6.41. The molecule has 2 aromatic rings. The van der Waals surface area contributed by atoms with Gasteiger partial charge in [-0.05, 0) is 60.3 Å². The third-order valence-corrected chi connectivity index (χ3v) is 6.30. The third kappa shape index (κ3) is 3.32. The number of sulfonamides is 1. The van der Waals surface area contributed by atoms with Crippen molar-refractivity contribution in [1.82, 2.24) is 4.72 Å². The molecule has 3 rings (SSSR count).